The molecule has 2 aliphatic rings. The van der Waals surface area contributed by atoms with Crippen LogP contribution in [0.25, 0.3) is 0 Å². The smallest absolute Gasteiger partial charge is 0.153 e. The number of anilines is 2. The molecule has 2 fully saturated rings. The Morgan fingerprint density at radius 2 is 2.53 bits per heavy atom. The van der Waals surface area contributed by atoms with Crippen molar-refractivity contribution in [2.75, 3.05) is 43.5 Å². The molecule has 0 aromatic carbocycles. The van der Waals surface area contributed by atoms with Crippen molar-refractivity contribution in [3.05, 3.63) is 0 Å². The van der Waals surface area contributed by atoms with E-state index < -0.39 is 0 Å². The first-order chi connectivity index (χ1) is 9.28. The third-order valence-corrected chi connectivity index (χ3v) is 5.60. The van der Waals surface area contributed by atoms with Gasteiger partial charge in [0.25, 0.3) is 0 Å². The first kappa shape index (κ1) is 13.5. The molecule has 5 nitrogen and oxygen atoms in total. The summed E-state index contributed by atoms with van der Waals surface area (Å²) in [6.45, 7) is 3.99. The molecule has 3 heterocycles. The van der Waals surface area contributed by atoms with Crippen molar-refractivity contribution in [1.82, 2.24) is 9.27 Å². The molecule has 1 aromatic heterocycles. The molecule has 0 spiro atoms. The second kappa shape index (κ2) is 5.87. The predicted octanol–water partition coefficient (Wildman–Crippen LogP) is 1.72. The summed E-state index contributed by atoms with van der Waals surface area (Å²) < 4.78 is 10.1. The van der Waals surface area contributed by atoms with E-state index in [-0.39, 0.29) is 6.10 Å². The van der Waals surface area contributed by atoms with Crippen molar-refractivity contribution in [2.24, 2.45) is 0 Å². The Bertz CT molecular complexity index is 439. The Kier molecular flexibility index (Phi) is 4.16. The molecule has 7 heteroatoms. The lowest BCUT2D eigenvalue weighted by atomic mass is 10.2. The van der Waals surface area contributed by atoms with Gasteiger partial charge in [0.15, 0.2) is 5.82 Å². The van der Waals surface area contributed by atoms with Gasteiger partial charge in [0, 0.05) is 19.1 Å². The van der Waals surface area contributed by atoms with Crippen LogP contribution in [0.5, 0.6) is 0 Å². The zero-order valence-electron chi connectivity index (χ0n) is 11.1. The van der Waals surface area contributed by atoms with E-state index in [1.54, 1.807) is 11.8 Å². The Balaban J connectivity index is 1.54. The summed E-state index contributed by atoms with van der Waals surface area (Å²) in [4.78, 5) is 3.62. The maximum atomic E-state index is 5.94. The normalized spacial score (nSPS) is 27.4. The quantitative estimate of drug-likeness (QED) is 0.826. The van der Waals surface area contributed by atoms with E-state index in [9.17, 15) is 0 Å². The molecule has 3 N–H and O–H groups in total. The number of hydrogen-bond donors (Lipinski definition) is 2. The second-order valence-electron chi connectivity index (χ2n) is 5.06. The van der Waals surface area contributed by atoms with Crippen LogP contribution in [-0.2, 0) is 4.74 Å². The standard InChI is InChI=1S/C12H20N4OS2/c1-18-10-11(13)15-19-12(10)14-5-9-6-16-4-2-3-8(16)7-17-9/h8-9,14H,2-7H2,1H3,(H2,13,15). The number of fused-ring (bicyclic) bond motifs is 1. The average Bonchev–Trinajstić information content (AvgIpc) is 3.01. The number of hydrogen-bond acceptors (Lipinski definition) is 7. The zero-order valence-corrected chi connectivity index (χ0v) is 12.7. The van der Waals surface area contributed by atoms with Crippen LogP contribution in [0.2, 0.25) is 0 Å². The molecule has 3 rings (SSSR count). The van der Waals surface area contributed by atoms with E-state index in [0.717, 1.165) is 29.6 Å². The summed E-state index contributed by atoms with van der Waals surface area (Å²) in [5, 5.41) is 4.50. The van der Waals surface area contributed by atoms with Crippen LogP contribution in [0.15, 0.2) is 4.90 Å². The van der Waals surface area contributed by atoms with Crippen molar-refractivity contribution >= 4 is 34.1 Å². The number of aromatic nitrogens is 1. The lowest BCUT2D eigenvalue weighted by Crippen LogP contribution is -2.48. The second-order valence-corrected chi connectivity index (χ2v) is 6.65. The monoisotopic (exact) mass is 300 g/mol. The lowest BCUT2D eigenvalue weighted by Gasteiger charge is -2.35. The Morgan fingerprint density at radius 1 is 1.63 bits per heavy atom. The Hall–Kier alpha value is -0.500. The van der Waals surface area contributed by atoms with E-state index >= 15 is 0 Å². The molecule has 0 amide bonds. The number of thioether (sulfide) groups is 1. The molecule has 0 bridgehead atoms. The van der Waals surface area contributed by atoms with E-state index in [1.807, 2.05) is 6.26 Å². The van der Waals surface area contributed by atoms with E-state index in [4.69, 9.17) is 10.5 Å². The van der Waals surface area contributed by atoms with Crippen molar-refractivity contribution in [3.8, 4) is 0 Å². The lowest BCUT2D eigenvalue weighted by molar-refractivity contribution is -0.0415. The highest BCUT2D eigenvalue weighted by molar-refractivity contribution is 7.99. The minimum Gasteiger partial charge on any atom is -0.382 e. The van der Waals surface area contributed by atoms with Gasteiger partial charge in [0.05, 0.1) is 17.6 Å². The third-order valence-electron chi connectivity index (χ3n) is 3.83. The molecule has 2 saturated heterocycles. The SMILES string of the molecule is CSc1c(N)nsc1NCC1CN2CCCC2CO1. The molecule has 2 atom stereocenters. The molecule has 0 aliphatic carbocycles. The van der Waals surface area contributed by atoms with Crippen LogP contribution < -0.4 is 11.1 Å². The van der Waals surface area contributed by atoms with Crippen molar-refractivity contribution in [2.45, 2.75) is 29.9 Å². The van der Waals surface area contributed by atoms with Gasteiger partial charge in [0.2, 0.25) is 0 Å². The number of nitrogens with zero attached hydrogens (tertiary/aromatic N) is 2. The van der Waals surface area contributed by atoms with Crippen molar-refractivity contribution in [1.29, 1.82) is 0 Å². The van der Waals surface area contributed by atoms with Crippen LogP contribution in [-0.4, -0.2) is 53.9 Å². The molecule has 1 aromatic rings. The van der Waals surface area contributed by atoms with Gasteiger partial charge in [-0.3, -0.25) is 4.90 Å². The molecule has 0 saturated carbocycles. The predicted molar refractivity (Wildman–Crippen MR) is 81.1 cm³/mol. The molecule has 19 heavy (non-hydrogen) atoms. The third kappa shape index (κ3) is 2.84. The van der Waals surface area contributed by atoms with Gasteiger partial charge in [-0.05, 0) is 37.2 Å². The first-order valence-electron chi connectivity index (χ1n) is 6.66. The number of rotatable bonds is 4. The van der Waals surface area contributed by atoms with Crippen LogP contribution in [0.3, 0.4) is 0 Å². The summed E-state index contributed by atoms with van der Waals surface area (Å²) in [7, 11) is 0. The first-order valence-corrected chi connectivity index (χ1v) is 8.66. The van der Waals surface area contributed by atoms with Gasteiger partial charge >= 0.3 is 0 Å². The highest BCUT2D eigenvalue weighted by Crippen LogP contribution is 2.34. The topological polar surface area (TPSA) is 63.4 Å². The van der Waals surface area contributed by atoms with Gasteiger partial charge in [0.1, 0.15) is 5.00 Å². The number of nitrogens with one attached hydrogen (secondary N) is 1. The maximum Gasteiger partial charge on any atom is 0.153 e. The van der Waals surface area contributed by atoms with Gasteiger partial charge in [-0.2, -0.15) is 4.37 Å². The minimum atomic E-state index is 0.271. The molecule has 0 radical (unpaired) electrons. The molecular weight excluding hydrogens is 280 g/mol. The molecular formula is C12H20N4OS2. The van der Waals surface area contributed by atoms with Gasteiger partial charge in [-0.25, -0.2) is 0 Å². The average molecular weight is 300 g/mol. The van der Waals surface area contributed by atoms with Crippen LogP contribution in [0.4, 0.5) is 10.8 Å². The van der Waals surface area contributed by atoms with E-state index in [0.29, 0.717) is 11.9 Å². The maximum absolute atomic E-state index is 5.94. The van der Waals surface area contributed by atoms with E-state index in [1.165, 1.54) is 30.9 Å². The fourth-order valence-corrected chi connectivity index (χ4v) is 4.37. The van der Waals surface area contributed by atoms with Gasteiger partial charge in [-0.15, -0.1) is 11.8 Å². The number of ether oxygens (including phenoxy) is 1. The summed E-state index contributed by atoms with van der Waals surface area (Å²) >= 11 is 3.07. The summed E-state index contributed by atoms with van der Waals surface area (Å²) in [5.74, 6) is 0.629. The summed E-state index contributed by atoms with van der Waals surface area (Å²) in [5.41, 5.74) is 5.83. The summed E-state index contributed by atoms with van der Waals surface area (Å²) in [6, 6.07) is 0.664. The fourth-order valence-electron chi connectivity index (χ4n) is 2.82. The van der Waals surface area contributed by atoms with Gasteiger partial charge < -0.3 is 15.8 Å². The molecule has 2 unspecified atom stereocenters. The number of nitrogens with two attached hydrogens (primary N) is 1. The number of morpholine rings is 1. The highest BCUT2D eigenvalue weighted by atomic mass is 32.2. The zero-order chi connectivity index (χ0) is 13.2. The Labute approximate surface area is 122 Å². The highest BCUT2D eigenvalue weighted by Gasteiger charge is 2.32. The fraction of sp³-hybridized carbons (Fsp3) is 0.750. The molecule has 2 aliphatic heterocycles. The Morgan fingerprint density at radius 3 is 3.37 bits per heavy atom. The van der Waals surface area contributed by atoms with Crippen LogP contribution >= 0.6 is 23.3 Å². The van der Waals surface area contributed by atoms with Crippen molar-refractivity contribution in [3.63, 3.8) is 0 Å². The van der Waals surface area contributed by atoms with Crippen LogP contribution in [0.1, 0.15) is 12.8 Å². The van der Waals surface area contributed by atoms with E-state index in [2.05, 4.69) is 14.6 Å². The molecule has 106 valence electrons. The van der Waals surface area contributed by atoms with Crippen LogP contribution in [0, 0.1) is 0 Å². The van der Waals surface area contributed by atoms with Crippen molar-refractivity contribution < 1.29 is 4.74 Å². The largest absolute Gasteiger partial charge is 0.382 e. The van der Waals surface area contributed by atoms with Gasteiger partial charge in [-0.1, -0.05) is 0 Å². The minimum absolute atomic E-state index is 0.271. The summed E-state index contributed by atoms with van der Waals surface area (Å²) in [6.07, 6.45) is 4.91. The number of nitrogen functional groups attached to an aromatic ring is 1.